The lowest BCUT2D eigenvalue weighted by molar-refractivity contribution is -0.119. The molecule has 5 nitrogen and oxygen atoms in total. The normalized spacial score (nSPS) is 18.1. The molecule has 2 aliphatic rings. The van der Waals surface area contributed by atoms with Gasteiger partial charge in [-0.2, -0.15) is 0 Å². The smallest absolute Gasteiger partial charge is 0.261 e. The molecule has 0 spiro atoms. The molecule has 0 atom stereocenters. The standard InChI is InChI=1S/C20H20ClFN2O3S/c1-20(2)11-24(19(25)12-3-4-12)18-8-6-14(10-15(18)20)28(26,27)23-17-7-5-13(21)9-16(17)22/h5-10,12,23H,3-4,11H2,1-2H3. The summed E-state index contributed by atoms with van der Waals surface area (Å²) in [4.78, 5) is 14.4. The molecule has 0 saturated heterocycles. The van der Waals surface area contributed by atoms with Gasteiger partial charge in [0.1, 0.15) is 5.82 Å². The first-order chi connectivity index (χ1) is 13.1. The number of carbonyl (C=O) groups is 1. The minimum atomic E-state index is -4.00. The zero-order valence-electron chi connectivity index (χ0n) is 15.5. The van der Waals surface area contributed by atoms with Crippen LogP contribution in [0.15, 0.2) is 41.3 Å². The number of sulfonamides is 1. The van der Waals surface area contributed by atoms with Crippen molar-refractivity contribution in [1.29, 1.82) is 0 Å². The highest BCUT2D eigenvalue weighted by atomic mass is 35.5. The van der Waals surface area contributed by atoms with Gasteiger partial charge in [0.2, 0.25) is 5.91 Å². The fourth-order valence-corrected chi connectivity index (χ4v) is 4.80. The molecule has 0 unspecified atom stereocenters. The Kier molecular flexibility index (Phi) is 4.43. The van der Waals surface area contributed by atoms with E-state index in [0.717, 1.165) is 30.2 Å². The maximum absolute atomic E-state index is 14.0. The summed E-state index contributed by atoms with van der Waals surface area (Å²) in [7, 11) is -4.00. The van der Waals surface area contributed by atoms with Crippen LogP contribution < -0.4 is 9.62 Å². The molecule has 1 aliphatic heterocycles. The molecular weight excluding hydrogens is 403 g/mol. The van der Waals surface area contributed by atoms with Gasteiger partial charge in [-0.25, -0.2) is 12.8 Å². The Morgan fingerprint density at radius 3 is 2.57 bits per heavy atom. The molecule has 1 N–H and O–H groups in total. The van der Waals surface area contributed by atoms with Crippen LogP contribution in [0, 0.1) is 11.7 Å². The monoisotopic (exact) mass is 422 g/mol. The number of amides is 1. The molecule has 1 heterocycles. The summed E-state index contributed by atoms with van der Waals surface area (Å²) in [5, 5.41) is 0.181. The molecule has 148 valence electrons. The fourth-order valence-electron chi connectivity index (χ4n) is 3.55. The van der Waals surface area contributed by atoms with E-state index in [2.05, 4.69) is 4.72 Å². The largest absolute Gasteiger partial charge is 0.311 e. The number of hydrogen-bond donors (Lipinski definition) is 1. The number of benzene rings is 2. The summed E-state index contributed by atoms with van der Waals surface area (Å²) in [6, 6.07) is 8.43. The first kappa shape index (κ1) is 19.2. The molecule has 1 aliphatic carbocycles. The van der Waals surface area contributed by atoms with E-state index >= 15 is 0 Å². The molecule has 2 aromatic carbocycles. The van der Waals surface area contributed by atoms with Crippen molar-refractivity contribution in [3.05, 3.63) is 52.8 Å². The average Bonchev–Trinajstić information content (AvgIpc) is 3.42. The van der Waals surface area contributed by atoms with Gasteiger partial charge in [-0.1, -0.05) is 25.4 Å². The Labute approximate surface area is 168 Å². The van der Waals surface area contributed by atoms with E-state index in [1.807, 2.05) is 13.8 Å². The van der Waals surface area contributed by atoms with Crippen molar-refractivity contribution in [1.82, 2.24) is 0 Å². The third-order valence-corrected chi connectivity index (χ3v) is 6.82. The molecule has 0 aromatic heterocycles. The lowest BCUT2D eigenvalue weighted by Crippen LogP contribution is -2.34. The van der Waals surface area contributed by atoms with E-state index < -0.39 is 15.8 Å². The van der Waals surface area contributed by atoms with Gasteiger partial charge in [0, 0.05) is 28.6 Å². The van der Waals surface area contributed by atoms with E-state index in [-0.39, 0.29) is 32.8 Å². The zero-order valence-corrected chi connectivity index (χ0v) is 17.1. The van der Waals surface area contributed by atoms with E-state index in [1.165, 1.54) is 18.2 Å². The highest BCUT2D eigenvalue weighted by molar-refractivity contribution is 7.92. The quantitative estimate of drug-likeness (QED) is 0.798. The minimum absolute atomic E-state index is 0.0226. The van der Waals surface area contributed by atoms with Gasteiger partial charge >= 0.3 is 0 Å². The lowest BCUT2D eigenvalue weighted by atomic mass is 9.87. The molecule has 0 bridgehead atoms. The topological polar surface area (TPSA) is 66.5 Å². The van der Waals surface area contributed by atoms with E-state index in [1.54, 1.807) is 17.0 Å². The SMILES string of the molecule is CC1(C)CN(C(=O)C2CC2)c2ccc(S(=O)(=O)Nc3ccc(Cl)cc3F)cc21. The van der Waals surface area contributed by atoms with Crippen LogP contribution in [0.3, 0.4) is 0 Å². The summed E-state index contributed by atoms with van der Waals surface area (Å²) in [5.74, 6) is -0.567. The molecule has 8 heteroatoms. The van der Waals surface area contributed by atoms with Crippen molar-refractivity contribution in [3.8, 4) is 0 Å². The highest BCUT2D eigenvalue weighted by Gasteiger charge is 2.43. The highest BCUT2D eigenvalue weighted by Crippen LogP contribution is 2.44. The van der Waals surface area contributed by atoms with Gasteiger partial charge in [-0.05, 0) is 54.8 Å². The Hall–Kier alpha value is -2.12. The number of rotatable bonds is 4. The maximum atomic E-state index is 14.0. The van der Waals surface area contributed by atoms with Gasteiger partial charge in [-0.15, -0.1) is 0 Å². The molecular formula is C20H20ClFN2O3S. The predicted molar refractivity (Wildman–Crippen MR) is 107 cm³/mol. The van der Waals surface area contributed by atoms with E-state index in [0.29, 0.717) is 6.54 Å². The van der Waals surface area contributed by atoms with Crippen molar-refractivity contribution in [2.45, 2.75) is 37.0 Å². The van der Waals surface area contributed by atoms with Gasteiger partial charge in [-0.3, -0.25) is 9.52 Å². The lowest BCUT2D eigenvalue weighted by Gasteiger charge is -2.20. The number of nitrogens with one attached hydrogen (secondary N) is 1. The Morgan fingerprint density at radius 2 is 1.93 bits per heavy atom. The first-order valence-corrected chi connectivity index (χ1v) is 10.9. The van der Waals surface area contributed by atoms with Gasteiger partial charge < -0.3 is 4.90 Å². The van der Waals surface area contributed by atoms with Crippen LogP contribution in [0.25, 0.3) is 0 Å². The van der Waals surface area contributed by atoms with Crippen molar-refractivity contribution >= 4 is 38.9 Å². The predicted octanol–water partition coefficient (Wildman–Crippen LogP) is 4.31. The molecule has 28 heavy (non-hydrogen) atoms. The maximum Gasteiger partial charge on any atom is 0.261 e. The Morgan fingerprint density at radius 1 is 1.21 bits per heavy atom. The molecule has 1 fully saturated rings. The van der Waals surface area contributed by atoms with Crippen molar-refractivity contribution in [2.75, 3.05) is 16.2 Å². The Balaban J connectivity index is 1.69. The minimum Gasteiger partial charge on any atom is -0.311 e. The third-order valence-electron chi connectivity index (χ3n) is 5.22. The zero-order chi connectivity index (χ0) is 20.3. The summed E-state index contributed by atoms with van der Waals surface area (Å²) >= 11 is 5.72. The first-order valence-electron chi connectivity index (χ1n) is 9.02. The number of halogens is 2. The van der Waals surface area contributed by atoms with Crippen molar-refractivity contribution in [2.24, 2.45) is 5.92 Å². The van der Waals surface area contributed by atoms with Crippen molar-refractivity contribution in [3.63, 3.8) is 0 Å². The molecule has 1 amide bonds. The van der Waals surface area contributed by atoms with Gasteiger partial charge in [0.25, 0.3) is 10.0 Å². The summed E-state index contributed by atoms with van der Waals surface area (Å²) in [5.41, 5.74) is 0.992. The van der Waals surface area contributed by atoms with Crippen LogP contribution in [0.2, 0.25) is 5.02 Å². The second kappa shape index (κ2) is 6.46. The second-order valence-corrected chi connectivity index (χ2v) is 10.1. The van der Waals surface area contributed by atoms with Gasteiger partial charge in [0.05, 0.1) is 10.6 Å². The van der Waals surface area contributed by atoms with Crippen molar-refractivity contribution < 1.29 is 17.6 Å². The number of nitrogens with zero attached hydrogens (tertiary/aromatic N) is 1. The van der Waals surface area contributed by atoms with E-state index in [9.17, 15) is 17.6 Å². The number of fused-ring (bicyclic) bond motifs is 1. The molecule has 0 radical (unpaired) electrons. The number of carbonyl (C=O) groups excluding carboxylic acids is 1. The number of hydrogen-bond acceptors (Lipinski definition) is 3. The van der Waals surface area contributed by atoms with Crippen LogP contribution in [-0.4, -0.2) is 20.9 Å². The summed E-state index contributed by atoms with van der Waals surface area (Å²) < 4.78 is 41.9. The summed E-state index contributed by atoms with van der Waals surface area (Å²) in [6.07, 6.45) is 1.82. The van der Waals surface area contributed by atoms with Crippen LogP contribution in [0.5, 0.6) is 0 Å². The molecule has 2 aromatic rings. The van der Waals surface area contributed by atoms with Crippen LogP contribution in [-0.2, 0) is 20.2 Å². The van der Waals surface area contributed by atoms with Gasteiger partial charge in [0.15, 0.2) is 0 Å². The number of anilines is 2. The fraction of sp³-hybridized carbons (Fsp3) is 0.350. The van der Waals surface area contributed by atoms with Crippen LogP contribution >= 0.6 is 11.6 Å². The van der Waals surface area contributed by atoms with Crippen LogP contribution in [0.4, 0.5) is 15.8 Å². The third kappa shape index (κ3) is 3.37. The van der Waals surface area contributed by atoms with Crippen LogP contribution in [0.1, 0.15) is 32.3 Å². The average molecular weight is 423 g/mol. The summed E-state index contributed by atoms with van der Waals surface area (Å²) in [6.45, 7) is 4.48. The molecule has 1 saturated carbocycles. The molecule has 4 rings (SSSR count). The second-order valence-electron chi connectivity index (χ2n) is 7.99. The Bertz CT molecular complexity index is 1080. The van der Waals surface area contributed by atoms with E-state index in [4.69, 9.17) is 11.6 Å².